The van der Waals surface area contributed by atoms with Gasteiger partial charge >= 0.3 is 12.1 Å². The molecular formula is C14H15F2NO4. The molecule has 0 spiro atoms. The van der Waals surface area contributed by atoms with E-state index in [1.165, 1.54) is 0 Å². The number of aliphatic carboxylic acids is 1. The summed E-state index contributed by atoms with van der Waals surface area (Å²) in [6.07, 6.45) is -1.69. The molecule has 1 amide bonds. The second-order valence-corrected chi connectivity index (χ2v) is 5.02. The minimum Gasteiger partial charge on any atom is -0.481 e. The first-order valence-electron chi connectivity index (χ1n) is 6.44. The summed E-state index contributed by atoms with van der Waals surface area (Å²) < 4.78 is 31.9. The van der Waals surface area contributed by atoms with Gasteiger partial charge in [0.1, 0.15) is 6.61 Å². The lowest BCUT2D eigenvalue weighted by Gasteiger charge is -2.35. The number of ether oxygens (including phenoxy) is 1. The third-order valence-electron chi connectivity index (χ3n) is 3.22. The lowest BCUT2D eigenvalue weighted by Crippen LogP contribution is -2.51. The van der Waals surface area contributed by atoms with Gasteiger partial charge in [-0.3, -0.25) is 4.79 Å². The SMILES string of the molecule is O=C(O)[C@@H]1CN(C(=O)OCc2ccccc2)CC(F)(F)C1. The first kappa shape index (κ1) is 15.2. The molecule has 7 heteroatoms. The van der Waals surface area contributed by atoms with Gasteiger partial charge in [0.15, 0.2) is 0 Å². The number of alkyl halides is 2. The maximum atomic E-state index is 13.5. The Bertz CT molecular complexity index is 521. The first-order valence-corrected chi connectivity index (χ1v) is 6.44. The van der Waals surface area contributed by atoms with Crippen molar-refractivity contribution in [2.45, 2.75) is 19.0 Å². The van der Waals surface area contributed by atoms with E-state index in [0.717, 1.165) is 10.5 Å². The van der Waals surface area contributed by atoms with Crippen LogP contribution in [0.2, 0.25) is 0 Å². The summed E-state index contributed by atoms with van der Waals surface area (Å²) in [5.74, 6) is -5.83. The summed E-state index contributed by atoms with van der Waals surface area (Å²) >= 11 is 0. The molecule has 1 heterocycles. The number of likely N-dealkylation sites (tertiary alicyclic amines) is 1. The number of benzene rings is 1. The Hall–Kier alpha value is -2.18. The predicted molar refractivity (Wildman–Crippen MR) is 68.9 cm³/mol. The maximum Gasteiger partial charge on any atom is 0.410 e. The van der Waals surface area contributed by atoms with Crippen LogP contribution in [0.15, 0.2) is 30.3 Å². The highest BCUT2D eigenvalue weighted by molar-refractivity contribution is 5.73. The topological polar surface area (TPSA) is 66.8 Å². The quantitative estimate of drug-likeness (QED) is 0.930. The Balaban J connectivity index is 1.96. The van der Waals surface area contributed by atoms with Crippen LogP contribution in [-0.2, 0) is 16.1 Å². The van der Waals surface area contributed by atoms with Crippen LogP contribution < -0.4 is 0 Å². The first-order chi connectivity index (χ1) is 9.87. The lowest BCUT2D eigenvalue weighted by molar-refractivity contribution is -0.151. The number of carboxylic acid groups (broad SMARTS) is 1. The number of hydrogen-bond acceptors (Lipinski definition) is 3. The molecule has 1 aliphatic heterocycles. The van der Waals surface area contributed by atoms with Crippen molar-refractivity contribution in [1.82, 2.24) is 4.90 Å². The number of amides is 1. The zero-order valence-corrected chi connectivity index (χ0v) is 11.2. The van der Waals surface area contributed by atoms with Gasteiger partial charge < -0.3 is 14.7 Å². The van der Waals surface area contributed by atoms with E-state index in [9.17, 15) is 18.4 Å². The van der Waals surface area contributed by atoms with E-state index in [-0.39, 0.29) is 13.2 Å². The van der Waals surface area contributed by atoms with Gasteiger partial charge in [-0.25, -0.2) is 13.6 Å². The minimum absolute atomic E-state index is 0.0422. The van der Waals surface area contributed by atoms with Crippen molar-refractivity contribution in [3.05, 3.63) is 35.9 Å². The van der Waals surface area contributed by atoms with Gasteiger partial charge in [-0.1, -0.05) is 30.3 Å². The van der Waals surface area contributed by atoms with Crippen molar-refractivity contribution in [2.75, 3.05) is 13.1 Å². The zero-order chi connectivity index (χ0) is 15.5. The molecule has 21 heavy (non-hydrogen) atoms. The van der Waals surface area contributed by atoms with Crippen LogP contribution in [-0.4, -0.2) is 41.1 Å². The molecule has 0 aliphatic carbocycles. The fourth-order valence-electron chi connectivity index (χ4n) is 2.21. The molecule has 0 unspecified atom stereocenters. The molecule has 1 saturated heterocycles. The van der Waals surface area contributed by atoms with Crippen molar-refractivity contribution < 1.29 is 28.2 Å². The fraction of sp³-hybridized carbons (Fsp3) is 0.429. The van der Waals surface area contributed by atoms with Crippen LogP contribution >= 0.6 is 0 Å². The molecule has 1 aliphatic rings. The second-order valence-electron chi connectivity index (χ2n) is 5.02. The number of carbonyl (C=O) groups excluding carboxylic acids is 1. The van der Waals surface area contributed by atoms with Crippen LogP contribution in [0.1, 0.15) is 12.0 Å². The smallest absolute Gasteiger partial charge is 0.410 e. The summed E-state index contributed by atoms with van der Waals surface area (Å²) in [6, 6.07) is 8.79. The van der Waals surface area contributed by atoms with Gasteiger partial charge in [-0.2, -0.15) is 0 Å². The summed E-state index contributed by atoms with van der Waals surface area (Å²) in [7, 11) is 0. The Kier molecular flexibility index (Phi) is 4.40. The number of hydrogen-bond donors (Lipinski definition) is 1. The normalized spacial score (nSPS) is 20.9. The Labute approximate surface area is 120 Å². The average Bonchev–Trinajstić information content (AvgIpc) is 2.44. The highest BCUT2D eigenvalue weighted by Crippen LogP contribution is 2.31. The van der Waals surface area contributed by atoms with Crippen LogP contribution in [0.25, 0.3) is 0 Å². The average molecular weight is 299 g/mol. The monoisotopic (exact) mass is 299 g/mol. The van der Waals surface area contributed by atoms with E-state index in [0.29, 0.717) is 0 Å². The predicted octanol–water partition coefficient (Wildman–Crippen LogP) is 2.37. The van der Waals surface area contributed by atoms with Crippen molar-refractivity contribution in [3.63, 3.8) is 0 Å². The third-order valence-corrected chi connectivity index (χ3v) is 3.22. The van der Waals surface area contributed by atoms with Crippen LogP contribution in [0.3, 0.4) is 0 Å². The van der Waals surface area contributed by atoms with E-state index in [1.54, 1.807) is 30.3 Å². The summed E-state index contributed by atoms with van der Waals surface area (Å²) in [5.41, 5.74) is 0.726. The minimum atomic E-state index is -3.22. The number of carbonyl (C=O) groups is 2. The van der Waals surface area contributed by atoms with Crippen LogP contribution in [0.5, 0.6) is 0 Å². The molecule has 1 N–H and O–H groups in total. The standard InChI is InChI=1S/C14H15F2NO4/c15-14(16)6-11(12(18)19)7-17(9-14)13(20)21-8-10-4-2-1-3-5-10/h1-5,11H,6-9H2,(H,18,19)/t11-/m0/s1. The molecule has 1 aromatic rings. The highest BCUT2D eigenvalue weighted by Gasteiger charge is 2.45. The Morgan fingerprint density at radius 1 is 1.33 bits per heavy atom. The number of nitrogens with zero attached hydrogens (tertiary/aromatic N) is 1. The third kappa shape index (κ3) is 4.14. The van der Waals surface area contributed by atoms with E-state index >= 15 is 0 Å². The molecule has 0 radical (unpaired) electrons. The zero-order valence-electron chi connectivity index (χ0n) is 11.2. The second kappa shape index (κ2) is 6.07. The molecule has 114 valence electrons. The number of rotatable bonds is 3. The highest BCUT2D eigenvalue weighted by atomic mass is 19.3. The number of piperidine rings is 1. The van der Waals surface area contributed by atoms with Crippen LogP contribution in [0, 0.1) is 5.92 Å². The van der Waals surface area contributed by atoms with Gasteiger partial charge in [0.05, 0.1) is 12.5 Å². The van der Waals surface area contributed by atoms with Gasteiger partial charge in [0.25, 0.3) is 5.92 Å². The van der Waals surface area contributed by atoms with Crippen molar-refractivity contribution in [3.8, 4) is 0 Å². The molecule has 1 aromatic carbocycles. The molecule has 0 bridgehead atoms. The van der Waals surface area contributed by atoms with Gasteiger partial charge in [0.2, 0.25) is 0 Å². The number of halogens is 2. The van der Waals surface area contributed by atoms with Crippen molar-refractivity contribution in [1.29, 1.82) is 0 Å². The van der Waals surface area contributed by atoms with E-state index in [4.69, 9.17) is 9.84 Å². The molecule has 1 atom stereocenters. The largest absolute Gasteiger partial charge is 0.481 e. The summed E-state index contributed by atoms with van der Waals surface area (Å²) in [4.78, 5) is 23.4. The van der Waals surface area contributed by atoms with E-state index in [1.807, 2.05) is 0 Å². The fourth-order valence-corrected chi connectivity index (χ4v) is 2.21. The van der Waals surface area contributed by atoms with E-state index < -0.39 is 36.9 Å². The molecule has 5 nitrogen and oxygen atoms in total. The molecule has 1 fully saturated rings. The van der Waals surface area contributed by atoms with Crippen LogP contribution in [0.4, 0.5) is 13.6 Å². The molecule has 2 rings (SSSR count). The van der Waals surface area contributed by atoms with Gasteiger partial charge in [-0.15, -0.1) is 0 Å². The molecule has 0 saturated carbocycles. The number of carboxylic acids is 1. The Morgan fingerprint density at radius 2 is 2.00 bits per heavy atom. The van der Waals surface area contributed by atoms with E-state index in [2.05, 4.69) is 0 Å². The lowest BCUT2D eigenvalue weighted by atomic mass is 9.96. The van der Waals surface area contributed by atoms with Crippen molar-refractivity contribution in [2.24, 2.45) is 5.92 Å². The van der Waals surface area contributed by atoms with Gasteiger partial charge in [-0.05, 0) is 5.56 Å². The molecule has 0 aromatic heterocycles. The summed E-state index contributed by atoms with van der Waals surface area (Å²) in [5, 5.41) is 8.87. The maximum absolute atomic E-state index is 13.5. The Morgan fingerprint density at radius 3 is 2.62 bits per heavy atom. The summed E-state index contributed by atoms with van der Waals surface area (Å²) in [6.45, 7) is -1.12. The molecular weight excluding hydrogens is 284 g/mol. The van der Waals surface area contributed by atoms with Gasteiger partial charge in [0, 0.05) is 13.0 Å². The van der Waals surface area contributed by atoms with Crippen molar-refractivity contribution >= 4 is 12.1 Å².